The Hall–Kier alpha value is -0.350. The summed E-state index contributed by atoms with van der Waals surface area (Å²) in [5.74, 6) is -0.440. The Morgan fingerprint density at radius 1 is 1.35 bits per heavy atom. The van der Waals surface area contributed by atoms with Crippen molar-refractivity contribution in [2.45, 2.75) is 57.9 Å². The molecule has 0 aromatic carbocycles. The Morgan fingerprint density at radius 3 is 2.65 bits per heavy atom. The lowest BCUT2D eigenvalue weighted by atomic mass is 9.92. The Kier molecular flexibility index (Phi) is 6.82. The van der Waals surface area contributed by atoms with E-state index in [1.807, 2.05) is 0 Å². The number of hydrogen-bond acceptors (Lipinski definition) is 3. The van der Waals surface area contributed by atoms with Crippen LogP contribution in [-0.4, -0.2) is 23.5 Å². The molecule has 1 unspecified atom stereocenters. The molecule has 0 bridgehead atoms. The molecule has 1 saturated heterocycles. The van der Waals surface area contributed by atoms with Gasteiger partial charge in [0.25, 0.3) is 0 Å². The topological polar surface area (TPSA) is 46.2 Å². The molecule has 0 amide bonds. The molecule has 1 fully saturated rings. The van der Waals surface area contributed by atoms with Crippen LogP contribution in [0.5, 0.6) is 0 Å². The van der Waals surface area contributed by atoms with Crippen molar-refractivity contribution in [1.29, 1.82) is 0 Å². The molecule has 1 heterocycles. The summed E-state index contributed by atoms with van der Waals surface area (Å²) in [6, 6.07) is -0.109. The zero-order valence-corrected chi connectivity index (χ0v) is 11.5. The third-order valence-electron chi connectivity index (χ3n) is 3.39. The molecule has 0 radical (unpaired) electrons. The van der Waals surface area contributed by atoms with Crippen molar-refractivity contribution in [3.8, 4) is 0 Å². The zero-order valence-electron chi connectivity index (χ0n) is 10.6. The van der Waals surface area contributed by atoms with Gasteiger partial charge in [-0.1, -0.05) is 32.6 Å². The second-order valence-electron chi connectivity index (χ2n) is 4.79. The molecule has 4 heteroatoms. The second kappa shape index (κ2) is 7.88. The fraction of sp³-hybridized carbons (Fsp3) is 0.846. The number of carbonyl (C=O) groups is 2. The molecular weight excluding hydrogens is 234 g/mol. The first-order valence-corrected chi connectivity index (χ1v) is 7.11. The van der Waals surface area contributed by atoms with Crippen molar-refractivity contribution in [1.82, 2.24) is 5.32 Å². The van der Waals surface area contributed by atoms with Crippen LogP contribution in [0.2, 0.25) is 0 Å². The minimum absolute atomic E-state index is 0.0546. The lowest BCUT2D eigenvalue weighted by molar-refractivity contribution is -0.130. The van der Waals surface area contributed by atoms with Gasteiger partial charge in [-0.05, 0) is 25.8 Å². The predicted octanol–water partition coefficient (Wildman–Crippen LogP) is 2.35. The van der Waals surface area contributed by atoms with Crippen LogP contribution in [0.4, 0.5) is 0 Å². The number of rotatable bonds is 8. The van der Waals surface area contributed by atoms with Gasteiger partial charge in [0.05, 0.1) is 12.0 Å². The first kappa shape index (κ1) is 14.7. The van der Waals surface area contributed by atoms with E-state index in [2.05, 4.69) is 24.9 Å². The van der Waals surface area contributed by atoms with E-state index in [4.69, 9.17) is 0 Å². The van der Waals surface area contributed by atoms with Crippen LogP contribution in [0.1, 0.15) is 51.9 Å². The van der Waals surface area contributed by atoms with Gasteiger partial charge in [0.15, 0.2) is 10.9 Å². The van der Waals surface area contributed by atoms with E-state index in [0.717, 1.165) is 38.6 Å². The van der Waals surface area contributed by atoms with Crippen molar-refractivity contribution in [2.75, 3.05) is 6.54 Å². The molecule has 1 rings (SSSR count). The summed E-state index contributed by atoms with van der Waals surface area (Å²) in [4.78, 5) is 23.5. The summed E-state index contributed by atoms with van der Waals surface area (Å²) in [5.41, 5.74) is 0. The normalized spacial score (nSPS) is 21.4. The minimum atomic E-state index is -0.495. The van der Waals surface area contributed by atoms with Crippen LogP contribution in [0, 0.1) is 5.92 Å². The van der Waals surface area contributed by atoms with Crippen LogP contribution in [-0.2, 0) is 9.59 Å². The highest BCUT2D eigenvalue weighted by Crippen LogP contribution is 2.19. The van der Waals surface area contributed by atoms with E-state index in [9.17, 15) is 9.59 Å². The molecule has 0 aromatic heterocycles. The fourth-order valence-corrected chi connectivity index (χ4v) is 2.59. The Labute approximate surface area is 109 Å². The summed E-state index contributed by atoms with van der Waals surface area (Å²) < 4.78 is 0. The molecule has 0 aromatic rings. The van der Waals surface area contributed by atoms with E-state index in [1.165, 1.54) is 6.42 Å². The Morgan fingerprint density at radius 2 is 2.12 bits per heavy atom. The first-order valence-electron chi connectivity index (χ1n) is 6.66. The fourth-order valence-electron chi connectivity index (χ4n) is 2.33. The van der Waals surface area contributed by atoms with E-state index >= 15 is 0 Å². The lowest BCUT2D eigenvalue weighted by Crippen LogP contribution is -2.37. The van der Waals surface area contributed by atoms with Gasteiger partial charge in [0, 0.05) is 0 Å². The molecule has 0 aliphatic carbocycles. The van der Waals surface area contributed by atoms with Gasteiger partial charge in [0.2, 0.25) is 0 Å². The van der Waals surface area contributed by atoms with Gasteiger partial charge in [-0.2, -0.15) is 0 Å². The number of unbranched alkanes of at least 4 members (excludes halogenated alkanes) is 3. The highest BCUT2D eigenvalue weighted by molar-refractivity contribution is 7.96. The molecule has 1 aliphatic rings. The maximum Gasteiger partial charge on any atom is 0.196 e. The molecule has 0 saturated carbocycles. The molecule has 3 nitrogen and oxygen atoms in total. The maximum absolute atomic E-state index is 12.1. The SMILES string of the molecule is CCCCCCC(C(=O)S)C(=O)[C@@H]1CCCN1. The van der Waals surface area contributed by atoms with Gasteiger partial charge >= 0.3 is 0 Å². The molecule has 17 heavy (non-hydrogen) atoms. The van der Waals surface area contributed by atoms with E-state index < -0.39 is 5.92 Å². The monoisotopic (exact) mass is 257 g/mol. The number of Topliss-reactive ketones (excluding diaryl/α,β-unsaturated/α-hetero) is 1. The highest BCUT2D eigenvalue weighted by Gasteiger charge is 2.31. The number of carbonyl (C=O) groups excluding carboxylic acids is 2. The predicted molar refractivity (Wildman–Crippen MR) is 72.3 cm³/mol. The second-order valence-corrected chi connectivity index (χ2v) is 5.23. The van der Waals surface area contributed by atoms with Gasteiger partial charge in [0.1, 0.15) is 0 Å². The maximum atomic E-state index is 12.1. The largest absolute Gasteiger partial charge is 0.307 e. The molecule has 0 spiro atoms. The van der Waals surface area contributed by atoms with Crippen LogP contribution in [0.15, 0.2) is 0 Å². The van der Waals surface area contributed by atoms with Crippen molar-refractivity contribution in [3.05, 3.63) is 0 Å². The number of ketones is 1. The van der Waals surface area contributed by atoms with E-state index in [0.29, 0.717) is 6.42 Å². The average Bonchev–Trinajstić information content (AvgIpc) is 2.81. The summed E-state index contributed by atoms with van der Waals surface area (Å²) in [6.45, 7) is 3.04. The van der Waals surface area contributed by atoms with Gasteiger partial charge in [-0.15, -0.1) is 12.6 Å². The number of hydrogen-bond donors (Lipinski definition) is 2. The van der Waals surface area contributed by atoms with Crippen molar-refractivity contribution in [3.63, 3.8) is 0 Å². The first-order chi connectivity index (χ1) is 8.16. The third-order valence-corrected chi connectivity index (χ3v) is 3.70. The van der Waals surface area contributed by atoms with Crippen molar-refractivity contribution >= 4 is 23.5 Å². The highest BCUT2D eigenvalue weighted by atomic mass is 32.1. The van der Waals surface area contributed by atoms with Crippen LogP contribution in [0.25, 0.3) is 0 Å². The summed E-state index contributed by atoms with van der Waals surface area (Å²) in [5, 5.41) is 2.89. The smallest absolute Gasteiger partial charge is 0.196 e. The van der Waals surface area contributed by atoms with Crippen molar-refractivity contribution < 1.29 is 9.59 Å². The Bertz CT molecular complexity index is 262. The van der Waals surface area contributed by atoms with Crippen LogP contribution in [0.3, 0.4) is 0 Å². The van der Waals surface area contributed by atoms with E-state index in [-0.39, 0.29) is 16.9 Å². The standard InChI is InChI=1S/C13H23NO2S/c1-2-3-4-5-7-10(13(16)17)12(15)11-8-6-9-14-11/h10-11,14H,2-9H2,1H3,(H,16,17)/t10?,11-/m0/s1. The number of nitrogens with one attached hydrogen (secondary N) is 1. The zero-order chi connectivity index (χ0) is 12.7. The lowest BCUT2D eigenvalue weighted by Gasteiger charge is -2.16. The molecule has 98 valence electrons. The van der Waals surface area contributed by atoms with Gasteiger partial charge in [-0.3, -0.25) is 9.59 Å². The summed E-state index contributed by atoms with van der Waals surface area (Å²) in [6.07, 6.45) is 6.94. The van der Waals surface area contributed by atoms with Gasteiger partial charge in [-0.25, -0.2) is 0 Å². The van der Waals surface area contributed by atoms with Crippen molar-refractivity contribution in [2.24, 2.45) is 5.92 Å². The average molecular weight is 257 g/mol. The van der Waals surface area contributed by atoms with Crippen LogP contribution >= 0.6 is 12.6 Å². The Balaban J connectivity index is 2.41. The van der Waals surface area contributed by atoms with Gasteiger partial charge < -0.3 is 5.32 Å². The number of thiol groups is 1. The quantitative estimate of drug-likeness (QED) is 0.398. The minimum Gasteiger partial charge on any atom is -0.307 e. The molecule has 2 atom stereocenters. The molecular formula is C13H23NO2S. The molecule has 1 aliphatic heterocycles. The van der Waals surface area contributed by atoms with E-state index in [1.54, 1.807) is 0 Å². The van der Waals surface area contributed by atoms with Crippen LogP contribution < -0.4 is 5.32 Å². The summed E-state index contributed by atoms with van der Waals surface area (Å²) >= 11 is 3.86. The molecule has 1 N–H and O–H groups in total. The summed E-state index contributed by atoms with van der Waals surface area (Å²) in [7, 11) is 0. The third kappa shape index (κ3) is 4.80.